The van der Waals surface area contributed by atoms with Crippen LogP contribution in [0.4, 0.5) is 0 Å². The minimum atomic E-state index is -0.780. The number of carboxylic acid groups (broad SMARTS) is 1. The molecule has 4 aromatic rings. The highest BCUT2D eigenvalue weighted by molar-refractivity contribution is 7.81. The van der Waals surface area contributed by atoms with Gasteiger partial charge in [0.2, 0.25) is 0 Å². The molecule has 2 atom stereocenters. The highest BCUT2D eigenvalue weighted by Crippen LogP contribution is 2.58. The van der Waals surface area contributed by atoms with E-state index in [4.69, 9.17) is 29.2 Å². The number of carbonyl (C=O) groups excluding carboxylic acids is 1. The van der Waals surface area contributed by atoms with Gasteiger partial charge in [-0.1, -0.05) is 78.3 Å². The van der Waals surface area contributed by atoms with E-state index in [1.54, 1.807) is 6.92 Å². The van der Waals surface area contributed by atoms with E-state index in [1.807, 2.05) is 72.8 Å². The van der Waals surface area contributed by atoms with Crippen molar-refractivity contribution in [1.29, 1.82) is 0 Å². The fourth-order valence-electron chi connectivity index (χ4n) is 5.64. The number of thiol groups is 1. The van der Waals surface area contributed by atoms with E-state index in [9.17, 15) is 14.7 Å². The molecule has 0 amide bonds. The Morgan fingerprint density at radius 3 is 2.55 bits per heavy atom. The molecule has 0 spiro atoms. The van der Waals surface area contributed by atoms with Crippen LogP contribution in [0.15, 0.2) is 78.9 Å². The van der Waals surface area contributed by atoms with Gasteiger partial charge in [0.05, 0.1) is 17.6 Å². The Labute approximate surface area is 245 Å². The third-order valence-electron chi connectivity index (χ3n) is 7.99. The second kappa shape index (κ2) is 12.0. The second-order valence-corrected chi connectivity index (χ2v) is 11.8. The molecular weight excluding hydrogens is 538 g/mol. The zero-order valence-corrected chi connectivity index (χ0v) is 24.0. The lowest BCUT2D eigenvalue weighted by Crippen LogP contribution is -2.27. The van der Waals surface area contributed by atoms with Crippen molar-refractivity contribution in [2.45, 2.75) is 50.2 Å². The van der Waals surface area contributed by atoms with Crippen LogP contribution in [-0.4, -0.2) is 27.1 Å². The Kier molecular flexibility index (Phi) is 8.43. The van der Waals surface area contributed by atoms with Gasteiger partial charge in [-0.15, -0.1) is 0 Å². The molecule has 1 aliphatic rings. The van der Waals surface area contributed by atoms with Crippen LogP contribution in [-0.2, 0) is 11.2 Å². The molecule has 1 saturated carbocycles. The normalized spacial score (nSPS) is 15.7. The van der Waals surface area contributed by atoms with Crippen LogP contribution in [0.5, 0.6) is 0 Å². The van der Waals surface area contributed by atoms with Crippen LogP contribution in [0.2, 0.25) is 5.02 Å². The third kappa shape index (κ3) is 6.48. The molecule has 5 rings (SSSR count). The maximum Gasteiger partial charge on any atom is 0.303 e. The molecule has 0 bridgehead atoms. The van der Waals surface area contributed by atoms with Gasteiger partial charge in [0.25, 0.3) is 0 Å². The highest BCUT2D eigenvalue weighted by atomic mass is 35.5. The highest BCUT2D eigenvalue weighted by Gasteiger charge is 2.51. The summed E-state index contributed by atoms with van der Waals surface area (Å²) < 4.78 is 0. The van der Waals surface area contributed by atoms with E-state index >= 15 is 0 Å². The molecule has 3 aromatic carbocycles. The maximum absolute atomic E-state index is 12.2. The number of ketones is 1. The summed E-state index contributed by atoms with van der Waals surface area (Å²) in [4.78, 5) is 28.7. The first-order valence-electron chi connectivity index (χ1n) is 13.6. The van der Waals surface area contributed by atoms with Crippen molar-refractivity contribution in [3.8, 4) is 0 Å². The number of aliphatic carboxylic acids is 1. The number of benzene rings is 3. The van der Waals surface area contributed by atoms with Crippen LogP contribution < -0.4 is 0 Å². The van der Waals surface area contributed by atoms with Gasteiger partial charge >= 0.3 is 5.97 Å². The minimum absolute atomic E-state index is 0.0273. The van der Waals surface area contributed by atoms with Gasteiger partial charge in [-0.25, -0.2) is 4.98 Å². The van der Waals surface area contributed by atoms with Crippen LogP contribution in [0, 0.1) is 5.41 Å². The number of fused-ring (bicyclic) bond motifs is 1. The standard InChI is InChI=1S/C34H32ClNO3S/c1-22(37)29-8-3-2-6-24(29)12-16-30(33(40)34(17-18-34)21-32(38)39)26-7-4-5-23(19-26)9-14-28-15-11-25-10-13-27(35)20-31(25)36-28/h2-11,13-15,19-20,30,33,40H,12,16-18,21H2,1H3,(H,38,39). The van der Waals surface area contributed by atoms with Crippen molar-refractivity contribution in [2.75, 3.05) is 0 Å². The average molecular weight is 570 g/mol. The van der Waals surface area contributed by atoms with Crippen molar-refractivity contribution in [3.63, 3.8) is 0 Å². The maximum atomic E-state index is 12.2. The number of carbonyl (C=O) groups is 2. The monoisotopic (exact) mass is 569 g/mol. The first kappa shape index (κ1) is 28.1. The Morgan fingerprint density at radius 1 is 1.02 bits per heavy atom. The van der Waals surface area contributed by atoms with Gasteiger partial charge < -0.3 is 5.11 Å². The summed E-state index contributed by atoms with van der Waals surface area (Å²) in [5, 5.41) is 11.2. The molecule has 1 aliphatic carbocycles. The first-order valence-corrected chi connectivity index (χ1v) is 14.5. The number of pyridine rings is 1. The van der Waals surface area contributed by atoms with Crippen molar-refractivity contribution < 1.29 is 14.7 Å². The molecular formula is C34H32ClNO3S. The molecule has 0 aliphatic heterocycles. The fourth-order valence-corrected chi connectivity index (χ4v) is 6.48. The van der Waals surface area contributed by atoms with E-state index in [2.05, 4.69) is 18.2 Å². The van der Waals surface area contributed by atoms with E-state index in [-0.39, 0.29) is 28.8 Å². The number of nitrogens with zero attached hydrogens (tertiary/aromatic N) is 1. The Hall–Kier alpha value is -3.41. The molecule has 0 radical (unpaired) electrons. The topological polar surface area (TPSA) is 67.3 Å². The SMILES string of the molecule is CC(=O)c1ccccc1CCC(c1cccc(C=Cc2ccc3ccc(Cl)cc3n2)c1)C(S)C1(CC(=O)O)CC1. The van der Waals surface area contributed by atoms with Crippen molar-refractivity contribution in [2.24, 2.45) is 5.41 Å². The summed E-state index contributed by atoms with van der Waals surface area (Å²) in [6.45, 7) is 1.60. The van der Waals surface area contributed by atoms with Crippen molar-refractivity contribution in [1.82, 2.24) is 4.98 Å². The lowest BCUT2D eigenvalue weighted by atomic mass is 9.80. The van der Waals surface area contributed by atoms with Crippen molar-refractivity contribution >= 4 is 59.0 Å². The third-order valence-corrected chi connectivity index (χ3v) is 9.13. The number of Topliss-reactive ketones (excluding diaryl/α,β-unsaturated/α-hetero) is 1. The van der Waals surface area contributed by atoms with E-state index < -0.39 is 5.97 Å². The predicted molar refractivity (Wildman–Crippen MR) is 166 cm³/mol. The van der Waals surface area contributed by atoms with Gasteiger partial charge in [0, 0.05) is 21.2 Å². The first-order chi connectivity index (χ1) is 19.2. The minimum Gasteiger partial charge on any atom is -0.481 e. The number of rotatable bonds is 11. The molecule has 6 heteroatoms. The number of aryl methyl sites for hydroxylation is 1. The van der Waals surface area contributed by atoms with Crippen molar-refractivity contribution in [3.05, 3.63) is 112 Å². The number of hydrogen-bond acceptors (Lipinski definition) is 4. The van der Waals surface area contributed by atoms with Gasteiger partial charge in [-0.3, -0.25) is 9.59 Å². The average Bonchev–Trinajstić information content (AvgIpc) is 3.72. The van der Waals surface area contributed by atoms with Gasteiger partial charge in [-0.05, 0) is 84.9 Å². The summed E-state index contributed by atoms with van der Waals surface area (Å²) in [5.74, 6) is -0.701. The summed E-state index contributed by atoms with van der Waals surface area (Å²) in [5.41, 5.74) is 5.29. The smallest absolute Gasteiger partial charge is 0.303 e. The second-order valence-electron chi connectivity index (χ2n) is 10.8. The Morgan fingerprint density at radius 2 is 1.80 bits per heavy atom. The lowest BCUT2D eigenvalue weighted by Gasteiger charge is -2.31. The van der Waals surface area contributed by atoms with Gasteiger partial charge in [-0.2, -0.15) is 12.6 Å². The lowest BCUT2D eigenvalue weighted by molar-refractivity contribution is -0.138. The molecule has 40 heavy (non-hydrogen) atoms. The molecule has 4 nitrogen and oxygen atoms in total. The molecule has 2 unspecified atom stereocenters. The number of hydrogen-bond donors (Lipinski definition) is 2. The fraction of sp³-hybridized carbons (Fsp3) is 0.265. The summed E-state index contributed by atoms with van der Waals surface area (Å²) in [6, 6.07) is 25.8. The zero-order chi connectivity index (χ0) is 28.3. The quantitative estimate of drug-likeness (QED) is 0.140. The molecule has 1 heterocycles. The summed E-state index contributed by atoms with van der Waals surface area (Å²) in [7, 11) is 0. The number of aromatic nitrogens is 1. The zero-order valence-electron chi connectivity index (χ0n) is 22.4. The van der Waals surface area contributed by atoms with E-state index in [0.717, 1.165) is 58.1 Å². The molecule has 0 saturated heterocycles. The molecule has 1 aromatic heterocycles. The largest absolute Gasteiger partial charge is 0.481 e. The Bertz CT molecular complexity index is 1590. The summed E-state index contributed by atoms with van der Waals surface area (Å²) in [6.07, 6.45) is 7.37. The number of halogens is 1. The predicted octanol–water partition coefficient (Wildman–Crippen LogP) is 8.53. The van der Waals surface area contributed by atoms with Gasteiger partial charge in [0.15, 0.2) is 5.78 Å². The molecule has 204 valence electrons. The molecule has 1 N–H and O–H groups in total. The van der Waals surface area contributed by atoms with Crippen LogP contribution in [0.1, 0.15) is 71.3 Å². The van der Waals surface area contributed by atoms with Crippen LogP contribution in [0.25, 0.3) is 23.1 Å². The van der Waals surface area contributed by atoms with E-state index in [0.29, 0.717) is 11.4 Å². The van der Waals surface area contributed by atoms with Crippen LogP contribution >= 0.6 is 24.2 Å². The Balaban J connectivity index is 1.43. The summed E-state index contributed by atoms with van der Waals surface area (Å²) >= 11 is 11.2. The number of carboxylic acids is 1. The van der Waals surface area contributed by atoms with E-state index in [1.165, 1.54) is 0 Å². The molecule has 1 fully saturated rings. The van der Waals surface area contributed by atoms with Gasteiger partial charge in [0.1, 0.15) is 0 Å². The van der Waals surface area contributed by atoms with Crippen LogP contribution in [0.3, 0.4) is 0 Å².